The zero-order valence-electron chi connectivity index (χ0n) is 15.6. The second-order valence-corrected chi connectivity index (χ2v) is 9.53. The molecule has 0 bridgehead atoms. The third-order valence-corrected chi connectivity index (χ3v) is 6.63. The maximum Gasteiger partial charge on any atom is 0.264 e. The summed E-state index contributed by atoms with van der Waals surface area (Å²) in [5.41, 5.74) is 1.02. The number of carbonyl (C=O) groups is 1. The fraction of sp³-hybridized carbons (Fsp3) is 0.0952. The summed E-state index contributed by atoms with van der Waals surface area (Å²) >= 11 is 18.0. The molecule has 5 nitrogen and oxygen atoms in total. The van der Waals surface area contributed by atoms with Crippen LogP contribution in [0.25, 0.3) is 0 Å². The number of carbonyl (C=O) groups excluding carboxylic acids is 1. The number of benzene rings is 3. The van der Waals surface area contributed by atoms with Gasteiger partial charge in [0.05, 0.1) is 10.6 Å². The van der Waals surface area contributed by atoms with E-state index in [9.17, 15) is 13.2 Å². The maximum absolute atomic E-state index is 13.2. The minimum absolute atomic E-state index is 0.0478. The molecular weight excluding hydrogens is 467 g/mol. The predicted octanol–water partition coefficient (Wildman–Crippen LogP) is 5.16. The van der Waals surface area contributed by atoms with Crippen LogP contribution >= 0.6 is 34.8 Å². The number of sulfonamides is 1. The molecule has 3 aromatic rings. The Kier molecular flexibility index (Phi) is 7.26. The normalized spacial score (nSPS) is 11.2. The van der Waals surface area contributed by atoms with E-state index in [0.29, 0.717) is 5.02 Å². The van der Waals surface area contributed by atoms with Crippen LogP contribution in [0.4, 0.5) is 5.69 Å². The Morgan fingerprint density at radius 2 is 1.43 bits per heavy atom. The molecule has 0 saturated carbocycles. The van der Waals surface area contributed by atoms with Gasteiger partial charge in [0, 0.05) is 21.6 Å². The monoisotopic (exact) mass is 482 g/mol. The Labute approximate surface area is 190 Å². The van der Waals surface area contributed by atoms with Crippen molar-refractivity contribution in [2.75, 3.05) is 10.8 Å². The first kappa shape index (κ1) is 22.4. The van der Waals surface area contributed by atoms with Crippen molar-refractivity contribution in [1.29, 1.82) is 0 Å². The first-order chi connectivity index (χ1) is 14.3. The van der Waals surface area contributed by atoms with Crippen LogP contribution in [0.5, 0.6) is 0 Å². The molecule has 9 heteroatoms. The summed E-state index contributed by atoms with van der Waals surface area (Å²) in [5, 5.41) is 3.82. The molecule has 0 saturated heterocycles. The van der Waals surface area contributed by atoms with Crippen molar-refractivity contribution in [3.8, 4) is 0 Å². The quantitative estimate of drug-likeness (QED) is 0.505. The van der Waals surface area contributed by atoms with Crippen LogP contribution in [0.1, 0.15) is 5.56 Å². The molecule has 0 aromatic heterocycles. The van der Waals surface area contributed by atoms with Gasteiger partial charge in [-0.25, -0.2) is 8.42 Å². The van der Waals surface area contributed by atoms with Crippen molar-refractivity contribution in [3.05, 3.63) is 93.4 Å². The van der Waals surface area contributed by atoms with Gasteiger partial charge in [0.2, 0.25) is 5.91 Å². The van der Waals surface area contributed by atoms with Gasteiger partial charge in [0.1, 0.15) is 6.54 Å². The molecule has 0 spiro atoms. The largest absolute Gasteiger partial charge is 0.350 e. The van der Waals surface area contributed by atoms with Crippen molar-refractivity contribution in [1.82, 2.24) is 5.32 Å². The number of nitrogens with one attached hydrogen (secondary N) is 1. The van der Waals surface area contributed by atoms with Crippen LogP contribution in [0.3, 0.4) is 0 Å². The van der Waals surface area contributed by atoms with Gasteiger partial charge >= 0.3 is 0 Å². The van der Waals surface area contributed by atoms with Gasteiger partial charge < -0.3 is 5.32 Å². The molecule has 0 unspecified atom stereocenters. The Balaban J connectivity index is 1.87. The first-order valence-corrected chi connectivity index (χ1v) is 11.4. The molecule has 3 rings (SSSR count). The standard InChI is InChI=1S/C21H17Cl3N2O3S/c22-16-8-6-15(7-9-16)13-25-21(27)14-26(19-11-17(23)10-18(24)12-19)30(28,29)20-4-2-1-3-5-20/h1-12H,13-14H2,(H,25,27). The topological polar surface area (TPSA) is 66.5 Å². The molecule has 1 N–H and O–H groups in total. The lowest BCUT2D eigenvalue weighted by molar-refractivity contribution is -0.119. The highest BCUT2D eigenvalue weighted by atomic mass is 35.5. The van der Waals surface area contributed by atoms with Crippen molar-refractivity contribution in [2.45, 2.75) is 11.4 Å². The molecule has 0 aliphatic rings. The zero-order valence-corrected chi connectivity index (χ0v) is 18.6. The van der Waals surface area contributed by atoms with E-state index in [1.54, 1.807) is 42.5 Å². The van der Waals surface area contributed by atoms with Gasteiger partial charge in [-0.2, -0.15) is 0 Å². The van der Waals surface area contributed by atoms with E-state index in [2.05, 4.69) is 5.32 Å². The SMILES string of the molecule is O=C(CN(c1cc(Cl)cc(Cl)c1)S(=O)(=O)c1ccccc1)NCc1ccc(Cl)cc1. The van der Waals surface area contributed by atoms with Crippen LogP contribution in [-0.2, 0) is 21.4 Å². The lowest BCUT2D eigenvalue weighted by atomic mass is 10.2. The van der Waals surface area contributed by atoms with Crippen molar-refractivity contribution < 1.29 is 13.2 Å². The van der Waals surface area contributed by atoms with E-state index in [4.69, 9.17) is 34.8 Å². The molecule has 0 heterocycles. The van der Waals surface area contributed by atoms with Crippen LogP contribution in [0.2, 0.25) is 15.1 Å². The summed E-state index contributed by atoms with van der Waals surface area (Å²) in [6.45, 7) is -0.215. The van der Waals surface area contributed by atoms with E-state index in [1.807, 2.05) is 0 Å². The number of amides is 1. The lowest BCUT2D eigenvalue weighted by Crippen LogP contribution is -2.40. The molecule has 0 aliphatic carbocycles. The van der Waals surface area contributed by atoms with E-state index < -0.39 is 22.5 Å². The zero-order chi connectivity index (χ0) is 21.7. The summed E-state index contributed by atoms with van der Waals surface area (Å²) in [7, 11) is -4.03. The highest BCUT2D eigenvalue weighted by Gasteiger charge is 2.27. The summed E-state index contributed by atoms with van der Waals surface area (Å²) < 4.78 is 27.5. The third-order valence-electron chi connectivity index (χ3n) is 4.16. The molecule has 156 valence electrons. The summed E-state index contributed by atoms with van der Waals surface area (Å²) in [5.74, 6) is -0.486. The fourth-order valence-corrected chi connectivity index (χ4v) is 4.77. The van der Waals surface area contributed by atoms with Crippen LogP contribution in [-0.4, -0.2) is 20.9 Å². The highest BCUT2D eigenvalue weighted by Crippen LogP contribution is 2.29. The van der Waals surface area contributed by atoms with Crippen LogP contribution < -0.4 is 9.62 Å². The van der Waals surface area contributed by atoms with E-state index in [0.717, 1.165) is 9.87 Å². The van der Waals surface area contributed by atoms with Gasteiger partial charge in [0.25, 0.3) is 10.0 Å². The Morgan fingerprint density at radius 3 is 2.03 bits per heavy atom. The average molecular weight is 484 g/mol. The molecular formula is C21H17Cl3N2O3S. The van der Waals surface area contributed by atoms with Crippen LogP contribution in [0, 0.1) is 0 Å². The number of hydrogen-bond acceptors (Lipinski definition) is 3. The predicted molar refractivity (Wildman–Crippen MR) is 121 cm³/mol. The van der Waals surface area contributed by atoms with Crippen LogP contribution in [0.15, 0.2) is 77.7 Å². The number of halogens is 3. The van der Waals surface area contributed by atoms with Crippen molar-refractivity contribution in [3.63, 3.8) is 0 Å². The highest BCUT2D eigenvalue weighted by molar-refractivity contribution is 7.92. The molecule has 3 aromatic carbocycles. The molecule has 1 amide bonds. The van der Waals surface area contributed by atoms with Gasteiger partial charge in [-0.15, -0.1) is 0 Å². The Hall–Kier alpha value is -2.25. The number of anilines is 1. The molecule has 0 radical (unpaired) electrons. The molecule has 0 fully saturated rings. The van der Waals surface area contributed by atoms with E-state index in [1.165, 1.54) is 30.3 Å². The first-order valence-electron chi connectivity index (χ1n) is 8.81. The Bertz CT molecular complexity index is 1120. The van der Waals surface area contributed by atoms with Gasteiger partial charge in [0.15, 0.2) is 0 Å². The second kappa shape index (κ2) is 9.71. The molecule has 30 heavy (non-hydrogen) atoms. The summed E-state index contributed by atoms with van der Waals surface area (Å²) in [4.78, 5) is 12.7. The maximum atomic E-state index is 13.2. The summed E-state index contributed by atoms with van der Waals surface area (Å²) in [6.07, 6.45) is 0. The third kappa shape index (κ3) is 5.67. The smallest absolute Gasteiger partial charge is 0.264 e. The number of nitrogens with zero attached hydrogens (tertiary/aromatic N) is 1. The second-order valence-electron chi connectivity index (χ2n) is 6.36. The van der Waals surface area contributed by atoms with Gasteiger partial charge in [-0.1, -0.05) is 65.1 Å². The summed E-state index contributed by atoms with van der Waals surface area (Å²) in [6, 6.07) is 19.2. The number of rotatable bonds is 7. The van der Waals surface area contributed by atoms with Crippen molar-refractivity contribution >= 4 is 56.4 Å². The van der Waals surface area contributed by atoms with E-state index in [-0.39, 0.29) is 27.2 Å². The fourth-order valence-electron chi connectivity index (χ4n) is 2.71. The van der Waals surface area contributed by atoms with E-state index >= 15 is 0 Å². The Morgan fingerprint density at radius 1 is 0.833 bits per heavy atom. The van der Waals surface area contributed by atoms with Crippen molar-refractivity contribution in [2.24, 2.45) is 0 Å². The average Bonchev–Trinajstić information content (AvgIpc) is 2.71. The lowest BCUT2D eigenvalue weighted by Gasteiger charge is -2.24. The number of hydrogen-bond donors (Lipinski definition) is 1. The molecule has 0 atom stereocenters. The van der Waals surface area contributed by atoms with Gasteiger partial charge in [-0.05, 0) is 48.0 Å². The molecule has 0 aliphatic heterocycles. The minimum atomic E-state index is -4.03. The van der Waals surface area contributed by atoms with Gasteiger partial charge in [-0.3, -0.25) is 9.10 Å². The minimum Gasteiger partial charge on any atom is -0.350 e.